The van der Waals surface area contributed by atoms with E-state index in [0.717, 1.165) is 4.90 Å². The van der Waals surface area contributed by atoms with E-state index in [0.29, 0.717) is 5.57 Å². The van der Waals surface area contributed by atoms with Gasteiger partial charge in [0.15, 0.2) is 6.04 Å². The van der Waals surface area contributed by atoms with E-state index in [1.165, 1.54) is 18.7 Å². The van der Waals surface area contributed by atoms with E-state index in [-0.39, 0.29) is 88.7 Å². The summed E-state index contributed by atoms with van der Waals surface area (Å²) in [5.41, 5.74) is 5.40. The second kappa shape index (κ2) is 11.4. The van der Waals surface area contributed by atoms with Crippen LogP contribution >= 0.6 is 11.8 Å². The second-order valence-electron chi connectivity index (χ2n) is 6.25. The van der Waals surface area contributed by atoms with Crippen molar-refractivity contribution in [2.24, 2.45) is 10.7 Å². The number of rotatable bonds is 9. The first-order chi connectivity index (χ1) is 13.1. The predicted molar refractivity (Wildman–Crippen MR) is 95.1 cm³/mol. The van der Waals surface area contributed by atoms with Gasteiger partial charge in [-0.3, -0.25) is 24.3 Å². The number of thioether (sulfide) groups is 1. The Kier molecular flexibility index (Phi) is 10.3. The number of amides is 1. The van der Waals surface area contributed by atoms with E-state index in [1.54, 1.807) is 0 Å². The largest absolute Gasteiger partial charge is 1.00 e. The zero-order valence-corrected chi connectivity index (χ0v) is 19.9. The van der Waals surface area contributed by atoms with E-state index in [4.69, 9.17) is 15.6 Å². The number of aliphatic carboxylic acids is 2. The summed E-state index contributed by atoms with van der Waals surface area (Å²) >= 11 is 1.23. The van der Waals surface area contributed by atoms with Crippen molar-refractivity contribution < 1.29 is 90.6 Å². The van der Waals surface area contributed by atoms with Crippen LogP contribution in [0.4, 0.5) is 0 Å². The maximum atomic E-state index is 12.4. The number of esters is 1. The number of hydrogen-bond acceptors (Lipinski definition) is 9. The second-order valence-corrected chi connectivity index (χ2v) is 7.36. The van der Waals surface area contributed by atoms with Crippen molar-refractivity contribution in [2.75, 3.05) is 12.4 Å². The third kappa shape index (κ3) is 6.51. The first kappa shape index (κ1) is 26.1. The van der Waals surface area contributed by atoms with Crippen LogP contribution in [0.25, 0.3) is 0 Å². The third-order valence-electron chi connectivity index (χ3n) is 4.18. The van der Waals surface area contributed by atoms with Gasteiger partial charge in [0.1, 0.15) is 23.7 Å². The normalized spacial score (nSPS) is 22.2. The van der Waals surface area contributed by atoms with Crippen molar-refractivity contribution in [1.82, 2.24) is 4.90 Å². The summed E-state index contributed by atoms with van der Waals surface area (Å²) in [7, 11) is 0. The zero-order chi connectivity index (χ0) is 21.0. The fourth-order valence-corrected chi connectivity index (χ4v) is 4.08. The Morgan fingerprint density at radius 2 is 2.07 bits per heavy atom. The molecule has 0 aromatic rings. The van der Waals surface area contributed by atoms with Crippen LogP contribution in [0.1, 0.15) is 26.2 Å². The van der Waals surface area contributed by atoms with Gasteiger partial charge in [-0.1, -0.05) is 0 Å². The van der Waals surface area contributed by atoms with Crippen molar-refractivity contribution in [3.63, 3.8) is 0 Å². The molecule has 0 aromatic carbocycles. The molecular weight excluding hydrogens is 433 g/mol. The number of β-lactam (4-membered cyclic amide) rings is 1. The number of ether oxygens (including phenoxy) is 1. The molecule has 2 rings (SSSR count). The molecule has 0 aromatic heterocycles. The van der Waals surface area contributed by atoms with Crippen LogP contribution in [-0.2, 0) is 23.9 Å². The Bertz CT molecular complexity index is 756. The summed E-state index contributed by atoms with van der Waals surface area (Å²) < 4.78 is 4.84. The molecule has 0 radical (unpaired) electrons. The van der Waals surface area contributed by atoms with E-state index in [1.807, 2.05) is 0 Å². The average Bonchev–Trinajstić information content (AvgIpc) is 2.62. The monoisotopic (exact) mass is 453 g/mol. The Hall–Kier alpha value is -0.964. The molecule has 11 nitrogen and oxygen atoms in total. The standard InChI is InChI=1S/C16H21N3O8S.K/c1-7(20)27-5-8-6-28-14-11(13(22)19(14)12(8)16(25)26)18-10(21)4-2-3-9(17)15(23)24;/h9,11,14H,2-6,17H2,1H3,(H,18,21)(H,23,24)(H,25,26);/q;+1/p-1/t9?,11?,14-;/m1./s1. The smallest absolute Gasteiger partial charge is 0.862 e. The molecule has 0 saturated carbocycles. The zero-order valence-electron chi connectivity index (χ0n) is 16.0. The van der Waals surface area contributed by atoms with Gasteiger partial charge in [0.05, 0.1) is 0 Å². The minimum Gasteiger partial charge on any atom is -0.862 e. The molecule has 154 valence electrons. The van der Waals surface area contributed by atoms with E-state index >= 15 is 0 Å². The molecule has 13 heteroatoms. The van der Waals surface area contributed by atoms with Gasteiger partial charge in [0.25, 0.3) is 5.91 Å². The van der Waals surface area contributed by atoms with E-state index in [2.05, 4.69) is 4.99 Å². The fraction of sp³-hybridized carbons (Fsp3) is 0.562. The van der Waals surface area contributed by atoms with Crippen LogP contribution in [0.5, 0.6) is 0 Å². The van der Waals surface area contributed by atoms with Crippen molar-refractivity contribution in [1.29, 1.82) is 0 Å². The maximum absolute atomic E-state index is 12.4. The summed E-state index contributed by atoms with van der Waals surface area (Å²) in [6, 6.07) is -2.06. The molecule has 0 aliphatic carbocycles. The Balaban J connectivity index is 0.00000420. The van der Waals surface area contributed by atoms with Gasteiger partial charge in [0, 0.05) is 18.2 Å². The van der Waals surface area contributed by atoms with E-state index in [9.17, 15) is 29.4 Å². The number of nitrogens with zero attached hydrogens (tertiary/aromatic N) is 2. The van der Waals surface area contributed by atoms with Gasteiger partial charge < -0.3 is 25.8 Å². The van der Waals surface area contributed by atoms with Crippen molar-refractivity contribution >= 4 is 41.5 Å². The number of nitrogens with two attached hydrogens (primary N) is 1. The first-order valence-electron chi connectivity index (χ1n) is 8.39. The molecule has 1 saturated heterocycles. The molecular formula is C16H20KN3O8S. The average molecular weight is 454 g/mol. The molecule has 3 atom stereocenters. The summed E-state index contributed by atoms with van der Waals surface area (Å²) in [5, 5.41) is 29.5. The Morgan fingerprint density at radius 3 is 2.62 bits per heavy atom. The van der Waals surface area contributed by atoms with Crippen molar-refractivity contribution in [3.8, 4) is 0 Å². The Morgan fingerprint density at radius 1 is 1.41 bits per heavy atom. The van der Waals surface area contributed by atoms with Gasteiger partial charge in [0.2, 0.25) is 0 Å². The summed E-state index contributed by atoms with van der Waals surface area (Å²) in [6.45, 7) is 0.962. The molecule has 2 unspecified atom stereocenters. The molecule has 2 aliphatic rings. The van der Waals surface area contributed by atoms with Crippen LogP contribution in [0.2, 0.25) is 0 Å². The summed E-state index contributed by atoms with van der Waals surface area (Å²) in [6.07, 6.45) is 0.261. The predicted octanol–water partition coefficient (Wildman–Crippen LogP) is -4.48. The van der Waals surface area contributed by atoms with Crippen LogP contribution in [0.15, 0.2) is 16.3 Å². The van der Waals surface area contributed by atoms with Crippen molar-refractivity contribution in [2.45, 2.75) is 43.6 Å². The fourth-order valence-electron chi connectivity index (χ4n) is 2.77. The number of carbonyl (C=O) groups is 4. The molecule has 2 aliphatic heterocycles. The number of hydrogen-bond donors (Lipinski definition) is 3. The number of carboxylic acid groups (broad SMARTS) is 2. The minimum atomic E-state index is -1.33. The van der Waals surface area contributed by atoms with Crippen LogP contribution < -0.4 is 62.2 Å². The number of aliphatic imine (C=N–C) groups is 1. The van der Waals surface area contributed by atoms with Crippen molar-refractivity contribution in [3.05, 3.63) is 11.3 Å². The molecule has 29 heavy (non-hydrogen) atoms. The van der Waals surface area contributed by atoms with Gasteiger partial charge >= 0.3 is 69.3 Å². The molecule has 1 amide bonds. The number of carboxylic acids is 2. The first-order valence-corrected chi connectivity index (χ1v) is 9.43. The molecule has 2 heterocycles. The minimum absolute atomic E-state index is 0. The SMILES string of the molecule is CC(=O)OCC1=C(C(=O)O)N2C(=O)C(N=C([O-])CCCC(N)C(=O)O)[C@H]2SC1.[K+]. The topological polar surface area (TPSA) is 183 Å². The molecule has 1 fully saturated rings. The third-order valence-corrected chi connectivity index (χ3v) is 5.50. The van der Waals surface area contributed by atoms with Gasteiger partial charge in [-0.15, -0.1) is 11.8 Å². The molecule has 0 spiro atoms. The number of carbonyl (C=O) groups excluding carboxylic acids is 2. The summed E-state index contributed by atoms with van der Waals surface area (Å²) in [5.74, 6) is -4.02. The van der Waals surface area contributed by atoms with Gasteiger partial charge in [-0.05, 0) is 25.2 Å². The van der Waals surface area contributed by atoms with E-state index < -0.39 is 47.2 Å². The quantitative estimate of drug-likeness (QED) is 0.101. The molecule has 4 N–H and O–H groups in total. The van der Waals surface area contributed by atoms with Gasteiger partial charge in [-0.25, -0.2) is 4.79 Å². The molecule has 0 bridgehead atoms. The number of fused-ring (bicyclic) bond motifs is 1. The van der Waals surface area contributed by atoms with Gasteiger partial charge in [-0.2, -0.15) is 0 Å². The van der Waals surface area contributed by atoms with Crippen LogP contribution in [0, 0.1) is 0 Å². The van der Waals surface area contributed by atoms with Crippen LogP contribution in [0.3, 0.4) is 0 Å². The Labute approximate surface area is 213 Å². The maximum Gasteiger partial charge on any atom is 1.00 e. The van der Waals surface area contributed by atoms with Crippen LogP contribution in [-0.4, -0.2) is 74.6 Å². The summed E-state index contributed by atoms with van der Waals surface area (Å²) in [4.78, 5) is 50.4.